The minimum Gasteiger partial charge on any atom is -0.483 e. The maximum absolute atomic E-state index is 12.3. The van der Waals surface area contributed by atoms with E-state index in [9.17, 15) is 9.59 Å². The Morgan fingerprint density at radius 1 is 0.906 bits per heavy atom. The van der Waals surface area contributed by atoms with Gasteiger partial charge in [-0.05, 0) is 85.4 Å². The third kappa shape index (κ3) is 6.95. The molecular weight excluding hydrogens is 469 g/mol. The number of amides is 2. The van der Waals surface area contributed by atoms with E-state index in [-0.39, 0.29) is 17.6 Å². The van der Waals surface area contributed by atoms with Crippen LogP contribution in [0.1, 0.15) is 15.9 Å². The second-order valence-electron chi connectivity index (χ2n) is 6.74. The van der Waals surface area contributed by atoms with Crippen LogP contribution >= 0.6 is 35.4 Å². The highest BCUT2D eigenvalue weighted by Crippen LogP contribution is 2.21. The number of aryl methyl sites for hydroxylation is 1. The molecule has 2 amide bonds. The molecule has 0 spiro atoms. The summed E-state index contributed by atoms with van der Waals surface area (Å²) in [6.07, 6.45) is 0. The molecule has 0 aliphatic carbocycles. The molecule has 0 aromatic heterocycles. The van der Waals surface area contributed by atoms with Gasteiger partial charge < -0.3 is 15.4 Å². The van der Waals surface area contributed by atoms with Crippen LogP contribution in [-0.2, 0) is 4.79 Å². The summed E-state index contributed by atoms with van der Waals surface area (Å²) in [5.74, 6) is -0.104. The lowest BCUT2D eigenvalue weighted by molar-refractivity contribution is -0.121. The lowest BCUT2D eigenvalue weighted by atomic mass is 10.2. The number of hydrogen-bond acceptors (Lipinski definition) is 4. The van der Waals surface area contributed by atoms with Crippen LogP contribution in [0.5, 0.6) is 5.75 Å². The minimum atomic E-state index is -0.401. The van der Waals surface area contributed by atoms with E-state index in [4.69, 9.17) is 40.2 Å². The molecule has 3 aromatic carbocycles. The van der Waals surface area contributed by atoms with Crippen molar-refractivity contribution in [3.05, 3.63) is 87.9 Å². The van der Waals surface area contributed by atoms with Crippen molar-refractivity contribution in [2.45, 2.75) is 6.92 Å². The average Bonchev–Trinajstić information content (AvgIpc) is 2.74. The number of carbonyl (C=O) groups excluding carboxylic acids is 2. The van der Waals surface area contributed by atoms with Crippen LogP contribution in [-0.4, -0.2) is 23.5 Å². The Labute approximate surface area is 200 Å². The Balaban J connectivity index is 1.47. The van der Waals surface area contributed by atoms with Gasteiger partial charge in [-0.1, -0.05) is 29.3 Å². The van der Waals surface area contributed by atoms with E-state index in [1.54, 1.807) is 66.7 Å². The number of anilines is 2. The van der Waals surface area contributed by atoms with Gasteiger partial charge >= 0.3 is 0 Å². The molecule has 0 unspecified atom stereocenters. The Morgan fingerprint density at radius 3 is 2.22 bits per heavy atom. The van der Waals surface area contributed by atoms with Crippen molar-refractivity contribution in [2.24, 2.45) is 0 Å². The number of thiocarbonyl (C=S) groups is 1. The normalized spacial score (nSPS) is 10.2. The first kappa shape index (κ1) is 23.5. The van der Waals surface area contributed by atoms with Gasteiger partial charge in [0, 0.05) is 27.0 Å². The van der Waals surface area contributed by atoms with E-state index < -0.39 is 5.91 Å². The summed E-state index contributed by atoms with van der Waals surface area (Å²) >= 11 is 17.0. The average molecular weight is 488 g/mol. The van der Waals surface area contributed by atoms with Gasteiger partial charge in [0.25, 0.3) is 11.8 Å². The molecule has 164 valence electrons. The molecule has 0 saturated carbocycles. The third-order valence-corrected chi connectivity index (χ3v) is 4.91. The fraction of sp³-hybridized carbons (Fsp3) is 0.0870. The summed E-state index contributed by atoms with van der Waals surface area (Å²) in [7, 11) is 0. The van der Waals surface area contributed by atoms with Crippen LogP contribution in [0.15, 0.2) is 66.7 Å². The molecule has 6 nitrogen and oxygen atoms in total. The van der Waals surface area contributed by atoms with Gasteiger partial charge in [-0.3, -0.25) is 14.9 Å². The van der Waals surface area contributed by atoms with Gasteiger partial charge in [0.15, 0.2) is 11.7 Å². The summed E-state index contributed by atoms with van der Waals surface area (Å²) in [5, 5.41) is 9.45. The topological polar surface area (TPSA) is 79.5 Å². The van der Waals surface area contributed by atoms with Crippen molar-refractivity contribution >= 4 is 63.7 Å². The SMILES string of the molecule is Cc1cc(Cl)ccc1OCC(=O)NC(=S)Nc1ccc(NC(=O)c2cccc(Cl)c2)cc1. The molecule has 32 heavy (non-hydrogen) atoms. The van der Waals surface area contributed by atoms with Gasteiger partial charge in [-0.15, -0.1) is 0 Å². The second kappa shape index (κ2) is 10.9. The fourth-order valence-corrected chi connectivity index (χ4v) is 3.36. The monoisotopic (exact) mass is 487 g/mol. The number of rotatable bonds is 6. The Bertz CT molecular complexity index is 1150. The van der Waals surface area contributed by atoms with Gasteiger partial charge in [0.2, 0.25) is 0 Å². The first-order valence-electron chi connectivity index (χ1n) is 9.47. The lowest BCUT2D eigenvalue weighted by Crippen LogP contribution is -2.37. The zero-order valence-electron chi connectivity index (χ0n) is 16.9. The predicted molar refractivity (Wildman–Crippen MR) is 132 cm³/mol. The number of ether oxygens (including phenoxy) is 1. The molecule has 3 rings (SSSR count). The van der Waals surface area contributed by atoms with Crippen molar-refractivity contribution in [1.29, 1.82) is 0 Å². The molecule has 0 heterocycles. The van der Waals surface area contributed by atoms with E-state index in [1.165, 1.54) is 0 Å². The standard InChI is InChI=1S/C23H19Cl2N3O3S/c1-14-11-17(25)5-10-20(14)31-13-21(29)28-23(32)27-19-8-6-18(7-9-19)26-22(30)15-3-2-4-16(24)12-15/h2-12H,13H2,1H3,(H,26,30)(H2,27,28,29,32). The Morgan fingerprint density at radius 2 is 1.56 bits per heavy atom. The summed E-state index contributed by atoms with van der Waals surface area (Å²) < 4.78 is 5.49. The molecule has 0 aliphatic rings. The number of nitrogens with one attached hydrogen (secondary N) is 3. The van der Waals surface area contributed by atoms with Crippen molar-refractivity contribution in [1.82, 2.24) is 5.32 Å². The van der Waals surface area contributed by atoms with E-state index >= 15 is 0 Å². The zero-order valence-corrected chi connectivity index (χ0v) is 19.3. The van der Waals surface area contributed by atoms with Crippen LogP contribution in [0.4, 0.5) is 11.4 Å². The van der Waals surface area contributed by atoms with Crippen LogP contribution in [0.3, 0.4) is 0 Å². The Hall–Kier alpha value is -3.13. The quantitative estimate of drug-likeness (QED) is 0.403. The van der Waals surface area contributed by atoms with E-state index in [0.717, 1.165) is 5.56 Å². The maximum atomic E-state index is 12.3. The molecule has 9 heteroatoms. The van der Waals surface area contributed by atoms with Crippen LogP contribution < -0.4 is 20.7 Å². The minimum absolute atomic E-state index is 0.127. The highest BCUT2D eigenvalue weighted by Gasteiger charge is 2.09. The van der Waals surface area contributed by atoms with Crippen molar-refractivity contribution in [3.8, 4) is 5.75 Å². The van der Waals surface area contributed by atoms with Crippen LogP contribution in [0.25, 0.3) is 0 Å². The molecule has 3 N–H and O–H groups in total. The molecule has 3 aromatic rings. The Kier molecular flexibility index (Phi) is 8.05. The number of benzene rings is 3. The molecule has 0 saturated heterocycles. The number of carbonyl (C=O) groups is 2. The number of hydrogen-bond donors (Lipinski definition) is 3. The first-order chi connectivity index (χ1) is 15.3. The highest BCUT2D eigenvalue weighted by molar-refractivity contribution is 7.80. The smallest absolute Gasteiger partial charge is 0.264 e. The van der Waals surface area contributed by atoms with Gasteiger partial charge in [0.05, 0.1) is 0 Å². The van der Waals surface area contributed by atoms with Crippen molar-refractivity contribution < 1.29 is 14.3 Å². The van der Waals surface area contributed by atoms with Gasteiger partial charge in [-0.2, -0.15) is 0 Å². The van der Waals surface area contributed by atoms with Crippen LogP contribution in [0, 0.1) is 6.92 Å². The van der Waals surface area contributed by atoms with E-state index in [2.05, 4.69) is 16.0 Å². The summed E-state index contributed by atoms with van der Waals surface area (Å²) in [4.78, 5) is 24.4. The van der Waals surface area contributed by atoms with Crippen LogP contribution in [0.2, 0.25) is 10.0 Å². The van der Waals surface area contributed by atoms with Crippen molar-refractivity contribution in [3.63, 3.8) is 0 Å². The molecule has 0 aliphatic heterocycles. The fourth-order valence-electron chi connectivity index (χ4n) is 2.71. The summed E-state index contributed by atoms with van der Waals surface area (Å²) in [6, 6.07) is 18.7. The lowest BCUT2D eigenvalue weighted by Gasteiger charge is -2.12. The second-order valence-corrected chi connectivity index (χ2v) is 8.02. The molecule has 0 bridgehead atoms. The van der Waals surface area contributed by atoms with Gasteiger partial charge in [0.1, 0.15) is 5.75 Å². The zero-order chi connectivity index (χ0) is 23.1. The molecular formula is C23H19Cl2N3O3S. The van der Waals surface area contributed by atoms with Crippen molar-refractivity contribution in [2.75, 3.05) is 17.2 Å². The first-order valence-corrected chi connectivity index (χ1v) is 10.6. The predicted octanol–water partition coefficient (Wildman–Crippen LogP) is 5.45. The van der Waals surface area contributed by atoms with E-state index in [0.29, 0.717) is 32.7 Å². The van der Waals surface area contributed by atoms with Gasteiger partial charge in [-0.25, -0.2) is 0 Å². The summed E-state index contributed by atoms with van der Waals surface area (Å²) in [5.41, 5.74) is 2.53. The maximum Gasteiger partial charge on any atom is 0.264 e. The third-order valence-electron chi connectivity index (χ3n) is 4.24. The molecule has 0 atom stereocenters. The summed E-state index contributed by atoms with van der Waals surface area (Å²) in [6.45, 7) is 1.64. The van der Waals surface area contributed by atoms with E-state index in [1.807, 2.05) is 6.92 Å². The molecule has 0 radical (unpaired) electrons. The highest BCUT2D eigenvalue weighted by atomic mass is 35.5. The largest absolute Gasteiger partial charge is 0.483 e. The number of halogens is 2. The molecule has 0 fully saturated rings.